The molecule has 0 N–H and O–H groups in total. The SMILES string of the molecule is [2H]C([2H])([2H])c1c[c-]c(-c2ccc(C([2H])([2H])[2H])cn2)cc1.[2H]C1(c2ccc3c(cnc4c(C(C)(C)C)c(-n5c(-c6[c-]ccc7c6oc6ccccc67)nc6ccccc65)ccc43)c2)CCC(C)(C)CC1.[Ir]. The van der Waals surface area contributed by atoms with Crippen molar-refractivity contribution in [3.05, 3.63) is 168 Å². The van der Waals surface area contributed by atoms with Crippen molar-refractivity contribution in [1.82, 2.24) is 19.5 Å². The van der Waals surface area contributed by atoms with Gasteiger partial charge in [-0.15, -0.1) is 53.6 Å². The summed E-state index contributed by atoms with van der Waals surface area (Å²) < 4.78 is 61.8. The minimum atomic E-state index is -2.18. The largest absolute Gasteiger partial charge is 0.501 e. The summed E-state index contributed by atoms with van der Waals surface area (Å²) in [5.74, 6) is 0.245. The van der Waals surface area contributed by atoms with Crippen LogP contribution in [0.5, 0.6) is 0 Å². The number of fused-ring (bicyclic) bond motifs is 7. The molecule has 11 rings (SSSR count). The van der Waals surface area contributed by atoms with E-state index in [0.29, 0.717) is 16.7 Å². The second-order valence-corrected chi connectivity index (χ2v) is 18.3. The normalized spacial score (nSPS) is 16.8. The molecule has 0 amide bonds. The molecule has 63 heavy (non-hydrogen) atoms. The number of imidazole rings is 1. The summed E-state index contributed by atoms with van der Waals surface area (Å²) in [6.45, 7) is 7.11. The summed E-state index contributed by atoms with van der Waals surface area (Å²) in [6, 6.07) is 45.6. The van der Waals surface area contributed by atoms with Crippen molar-refractivity contribution in [1.29, 1.82) is 0 Å². The fourth-order valence-electron chi connectivity index (χ4n) is 9.08. The van der Waals surface area contributed by atoms with Crippen LogP contribution in [0.15, 0.2) is 138 Å². The quantitative estimate of drug-likeness (QED) is 0.130. The molecular weight excluding hydrogens is 949 g/mol. The van der Waals surface area contributed by atoms with Gasteiger partial charge in [-0.2, -0.15) is 0 Å². The molecule has 6 heteroatoms. The Hall–Kier alpha value is -5.94. The summed E-state index contributed by atoms with van der Waals surface area (Å²) in [7, 11) is 0. The van der Waals surface area contributed by atoms with Crippen LogP contribution in [0.3, 0.4) is 0 Å². The van der Waals surface area contributed by atoms with Gasteiger partial charge in [0.15, 0.2) is 0 Å². The summed E-state index contributed by atoms with van der Waals surface area (Å²) in [6.07, 6.45) is 7.26. The van der Waals surface area contributed by atoms with Crippen LogP contribution < -0.4 is 0 Å². The molecule has 0 bridgehead atoms. The Bertz CT molecular complexity index is 3500. The third kappa shape index (κ3) is 8.00. The molecule has 6 aromatic carbocycles. The zero-order valence-corrected chi connectivity index (χ0v) is 38.5. The van der Waals surface area contributed by atoms with Gasteiger partial charge in [-0.25, -0.2) is 0 Å². The molecule has 0 spiro atoms. The molecule has 0 saturated heterocycles. The average molecular weight is 1010 g/mol. The van der Waals surface area contributed by atoms with E-state index in [1.54, 1.807) is 12.1 Å². The van der Waals surface area contributed by atoms with Gasteiger partial charge in [0.25, 0.3) is 0 Å². The number of aryl methyl sites for hydroxylation is 2. The van der Waals surface area contributed by atoms with Crippen LogP contribution in [0, 0.1) is 31.3 Å². The summed E-state index contributed by atoms with van der Waals surface area (Å²) in [4.78, 5) is 14.5. The second kappa shape index (κ2) is 16.6. The van der Waals surface area contributed by atoms with Crippen LogP contribution in [-0.4, -0.2) is 19.5 Å². The number of aromatic nitrogens is 4. The summed E-state index contributed by atoms with van der Waals surface area (Å²) in [5.41, 5.74) is 10.3. The van der Waals surface area contributed by atoms with Crippen LogP contribution in [0.25, 0.3) is 83.0 Å². The van der Waals surface area contributed by atoms with Crippen LogP contribution in [0.4, 0.5) is 0 Å². The number of hydrogen-bond donors (Lipinski definition) is 0. The predicted octanol–water partition coefficient (Wildman–Crippen LogP) is 15.2. The van der Waals surface area contributed by atoms with E-state index in [1.165, 1.54) is 29.8 Å². The average Bonchev–Trinajstić information content (AvgIpc) is 3.90. The smallest absolute Gasteiger partial charge is 0.120 e. The first kappa shape index (κ1) is 34.5. The first-order valence-corrected chi connectivity index (χ1v) is 21.3. The molecule has 1 aliphatic rings. The van der Waals surface area contributed by atoms with Crippen LogP contribution >= 0.6 is 0 Å². The molecule has 1 saturated carbocycles. The van der Waals surface area contributed by atoms with Crippen molar-refractivity contribution < 1.29 is 34.1 Å². The maximum Gasteiger partial charge on any atom is 0.120 e. The van der Waals surface area contributed by atoms with Gasteiger partial charge < -0.3 is 14.0 Å². The van der Waals surface area contributed by atoms with Gasteiger partial charge in [0.2, 0.25) is 0 Å². The Morgan fingerprint density at radius 3 is 2.32 bits per heavy atom. The predicted molar refractivity (Wildman–Crippen MR) is 257 cm³/mol. The molecule has 317 valence electrons. The summed E-state index contributed by atoms with van der Waals surface area (Å²) >= 11 is 0. The van der Waals surface area contributed by atoms with Gasteiger partial charge in [0.05, 0.1) is 28.0 Å². The third-order valence-corrected chi connectivity index (χ3v) is 12.4. The fraction of sp³-hybridized carbons (Fsp3) is 0.246. The maximum absolute atomic E-state index is 9.40. The molecule has 1 fully saturated rings. The van der Waals surface area contributed by atoms with Crippen molar-refractivity contribution in [3.8, 4) is 28.3 Å². The maximum atomic E-state index is 9.40. The second-order valence-electron chi connectivity index (χ2n) is 18.3. The third-order valence-electron chi connectivity index (χ3n) is 12.4. The van der Waals surface area contributed by atoms with Gasteiger partial charge in [-0.05, 0) is 102 Å². The number of nitrogens with zero attached hydrogens (tertiary/aromatic N) is 4. The number of hydrogen-bond acceptors (Lipinski definition) is 4. The van der Waals surface area contributed by atoms with E-state index in [9.17, 15) is 1.37 Å². The van der Waals surface area contributed by atoms with E-state index in [2.05, 4.69) is 117 Å². The van der Waals surface area contributed by atoms with Crippen molar-refractivity contribution in [2.45, 2.75) is 85.3 Å². The van der Waals surface area contributed by atoms with E-state index in [-0.39, 0.29) is 36.6 Å². The topological polar surface area (TPSA) is 56.7 Å². The van der Waals surface area contributed by atoms with E-state index in [4.69, 9.17) is 22.6 Å². The standard InChI is InChI=1S/C44H40N3O.C13H12N.Ir/c1-43(2,3)39-37(20-19-32-30-18-17-28(25-29(30)26-45-40(32)39)27-21-23-44(4,5)24-22-27)47-36-15-8-7-14-35(36)46-42(47)34-13-10-12-33-31-11-6-9-16-38(31)48-41(33)34;1-10-3-6-12(7-4-10)13-8-5-11(2)9-14-13;/h6-12,14-20,25-27H,21-24H2,1-5H3;3-6,8-9H,1-2H3;/q2*-1;/i27D;1D3,2D3;. The van der Waals surface area contributed by atoms with Crippen molar-refractivity contribution in [2.24, 2.45) is 5.41 Å². The summed E-state index contributed by atoms with van der Waals surface area (Å²) in [5, 5.41) is 5.52. The molecule has 0 unspecified atom stereocenters. The molecule has 1 radical (unpaired) electrons. The van der Waals surface area contributed by atoms with E-state index in [0.717, 1.165) is 103 Å². The van der Waals surface area contributed by atoms with E-state index < -0.39 is 19.6 Å². The zero-order valence-electron chi connectivity index (χ0n) is 43.1. The monoisotopic (exact) mass is 1010 g/mol. The molecule has 10 aromatic rings. The van der Waals surface area contributed by atoms with Gasteiger partial charge in [0, 0.05) is 69.5 Å². The Morgan fingerprint density at radius 1 is 0.778 bits per heavy atom. The number of pyridine rings is 2. The number of furan rings is 1. The molecule has 1 aliphatic carbocycles. The Kier molecular flexibility index (Phi) is 9.12. The zero-order chi connectivity index (χ0) is 48.7. The number of para-hydroxylation sites is 3. The molecule has 4 aromatic heterocycles. The fourth-order valence-corrected chi connectivity index (χ4v) is 9.08. The first-order chi connectivity index (χ1) is 32.7. The van der Waals surface area contributed by atoms with Crippen LogP contribution in [-0.2, 0) is 25.5 Å². The van der Waals surface area contributed by atoms with Crippen molar-refractivity contribution >= 4 is 54.6 Å². The molecule has 0 atom stereocenters. The van der Waals surface area contributed by atoms with Crippen molar-refractivity contribution in [2.75, 3.05) is 0 Å². The molecule has 5 nitrogen and oxygen atoms in total. The Morgan fingerprint density at radius 2 is 1.56 bits per heavy atom. The molecule has 0 aliphatic heterocycles. The molecular formula is C57H52IrN4O-2. The van der Waals surface area contributed by atoms with Crippen LogP contribution in [0.1, 0.15) is 98.0 Å². The Labute approximate surface area is 393 Å². The van der Waals surface area contributed by atoms with Gasteiger partial charge in [-0.1, -0.05) is 113 Å². The van der Waals surface area contributed by atoms with Gasteiger partial charge >= 0.3 is 0 Å². The van der Waals surface area contributed by atoms with E-state index in [1.807, 2.05) is 36.5 Å². The van der Waals surface area contributed by atoms with Crippen molar-refractivity contribution in [3.63, 3.8) is 0 Å². The van der Waals surface area contributed by atoms with E-state index >= 15 is 0 Å². The molecule has 4 heterocycles. The van der Waals surface area contributed by atoms with Gasteiger partial charge in [-0.3, -0.25) is 9.97 Å². The number of rotatable bonds is 4. The first-order valence-electron chi connectivity index (χ1n) is 24.8. The van der Waals surface area contributed by atoms with Gasteiger partial charge in [0.1, 0.15) is 5.58 Å². The minimum absolute atomic E-state index is 0. The Balaban J connectivity index is 0.000000244. The van der Waals surface area contributed by atoms with Crippen LogP contribution in [0.2, 0.25) is 0 Å². The number of benzene rings is 6. The minimum Gasteiger partial charge on any atom is -0.501 e.